The molecule has 4 heteroatoms. The number of hydrogen-bond acceptors (Lipinski definition) is 4. The van der Waals surface area contributed by atoms with Gasteiger partial charge in [-0.2, -0.15) is 0 Å². The van der Waals surface area contributed by atoms with Crippen molar-refractivity contribution < 1.29 is 9.84 Å². The van der Waals surface area contributed by atoms with E-state index in [-0.39, 0.29) is 6.10 Å². The van der Waals surface area contributed by atoms with Crippen LogP contribution in [0.1, 0.15) is 36.4 Å². The molecule has 2 heterocycles. The first-order valence-electron chi connectivity index (χ1n) is 5.46. The average Bonchev–Trinajstić information content (AvgIpc) is 2.67. The third-order valence-electron chi connectivity index (χ3n) is 2.64. The zero-order valence-electron chi connectivity index (χ0n) is 8.98. The lowest BCUT2D eigenvalue weighted by Gasteiger charge is -2.19. The summed E-state index contributed by atoms with van der Waals surface area (Å²) in [7, 11) is 0. The van der Waals surface area contributed by atoms with Crippen molar-refractivity contribution in [3.05, 3.63) is 16.1 Å². The normalized spacial score (nSPS) is 20.4. The summed E-state index contributed by atoms with van der Waals surface area (Å²) < 4.78 is 5.33. The summed E-state index contributed by atoms with van der Waals surface area (Å²) in [6, 6.07) is 0. The maximum Gasteiger partial charge on any atom is 0.0960 e. The van der Waals surface area contributed by atoms with E-state index < -0.39 is 0 Å². The van der Waals surface area contributed by atoms with Crippen molar-refractivity contribution in [2.24, 2.45) is 0 Å². The van der Waals surface area contributed by atoms with Crippen LogP contribution in [0.2, 0.25) is 0 Å². The van der Waals surface area contributed by atoms with E-state index in [1.54, 1.807) is 18.3 Å². The number of thiazole rings is 1. The fraction of sp³-hybridized carbons (Fsp3) is 0.727. The zero-order valence-corrected chi connectivity index (χ0v) is 9.80. The maximum absolute atomic E-state index is 9.27. The molecule has 1 aliphatic rings. The fourth-order valence-electron chi connectivity index (χ4n) is 1.85. The minimum atomic E-state index is -0.297. The van der Waals surface area contributed by atoms with Gasteiger partial charge in [0.1, 0.15) is 0 Å². The van der Waals surface area contributed by atoms with Gasteiger partial charge in [0, 0.05) is 30.9 Å². The third-order valence-corrected chi connectivity index (χ3v) is 3.70. The van der Waals surface area contributed by atoms with Gasteiger partial charge in [0.15, 0.2) is 0 Å². The molecule has 1 aromatic rings. The van der Waals surface area contributed by atoms with Crippen LogP contribution in [0.5, 0.6) is 0 Å². The van der Waals surface area contributed by atoms with E-state index in [1.165, 1.54) is 5.01 Å². The monoisotopic (exact) mass is 227 g/mol. The van der Waals surface area contributed by atoms with E-state index >= 15 is 0 Å². The second kappa shape index (κ2) is 5.05. The van der Waals surface area contributed by atoms with E-state index in [0.717, 1.165) is 31.7 Å². The highest BCUT2D eigenvalue weighted by atomic mass is 32.1. The summed E-state index contributed by atoms with van der Waals surface area (Å²) in [6.07, 6.45) is 2.54. The molecule has 0 spiro atoms. The average molecular weight is 227 g/mol. The highest BCUT2D eigenvalue weighted by Crippen LogP contribution is 2.29. The maximum atomic E-state index is 9.27. The number of rotatable bonds is 3. The summed E-state index contributed by atoms with van der Waals surface area (Å²) in [5.74, 6) is 0.575. The molecule has 1 aliphatic heterocycles. The number of hydrogen-bond donors (Lipinski definition) is 1. The first kappa shape index (κ1) is 11.0. The van der Waals surface area contributed by atoms with Gasteiger partial charge >= 0.3 is 0 Å². The van der Waals surface area contributed by atoms with E-state index in [2.05, 4.69) is 10.4 Å². The molecule has 1 atom stereocenters. The highest BCUT2D eigenvalue weighted by molar-refractivity contribution is 7.09. The number of nitrogens with zero attached hydrogens (tertiary/aromatic N) is 1. The van der Waals surface area contributed by atoms with Crippen molar-refractivity contribution in [3.63, 3.8) is 0 Å². The van der Waals surface area contributed by atoms with Crippen LogP contribution in [0.15, 0.2) is 5.38 Å². The summed E-state index contributed by atoms with van der Waals surface area (Å²) in [4.78, 5) is 4.58. The van der Waals surface area contributed by atoms with E-state index in [0.29, 0.717) is 12.3 Å². The molecular formula is C11H17NO2S. The summed E-state index contributed by atoms with van der Waals surface area (Å²) in [6.45, 7) is 3.51. The fourth-order valence-corrected chi connectivity index (χ4v) is 2.85. The molecule has 0 amide bonds. The topological polar surface area (TPSA) is 42.4 Å². The van der Waals surface area contributed by atoms with Gasteiger partial charge in [-0.25, -0.2) is 4.98 Å². The van der Waals surface area contributed by atoms with Gasteiger partial charge in [-0.1, -0.05) is 0 Å². The lowest BCUT2D eigenvalue weighted by Crippen LogP contribution is -2.14. The molecule has 1 aromatic heterocycles. The van der Waals surface area contributed by atoms with E-state index in [1.807, 2.05) is 0 Å². The third kappa shape index (κ3) is 3.00. The Kier molecular flexibility index (Phi) is 3.72. The van der Waals surface area contributed by atoms with Gasteiger partial charge in [-0.15, -0.1) is 11.3 Å². The van der Waals surface area contributed by atoms with E-state index in [9.17, 15) is 5.11 Å². The molecule has 1 fully saturated rings. The molecular weight excluding hydrogens is 210 g/mol. The van der Waals surface area contributed by atoms with Crippen LogP contribution in [0.25, 0.3) is 0 Å². The molecule has 3 nitrogen and oxygen atoms in total. The highest BCUT2D eigenvalue weighted by Gasteiger charge is 2.19. The first-order chi connectivity index (χ1) is 7.25. The molecule has 0 radical (unpaired) electrons. The summed E-state index contributed by atoms with van der Waals surface area (Å²) in [5.41, 5.74) is 1.02. The Hall–Kier alpha value is -0.450. The van der Waals surface area contributed by atoms with Gasteiger partial charge in [-0.3, -0.25) is 0 Å². The Bertz CT molecular complexity index is 305. The second-order valence-electron chi connectivity index (χ2n) is 4.12. The van der Waals surface area contributed by atoms with Crippen molar-refractivity contribution in [1.82, 2.24) is 4.98 Å². The van der Waals surface area contributed by atoms with Crippen LogP contribution in [-0.4, -0.2) is 29.4 Å². The second-order valence-corrected chi connectivity index (χ2v) is 5.01. The molecule has 0 bridgehead atoms. The Balaban J connectivity index is 1.99. The van der Waals surface area contributed by atoms with Crippen molar-refractivity contribution in [2.75, 3.05) is 13.2 Å². The molecule has 0 aromatic carbocycles. The van der Waals surface area contributed by atoms with Crippen LogP contribution >= 0.6 is 11.3 Å². The van der Waals surface area contributed by atoms with Crippen LogP contribution in [-0.2, 0) is 11.2 Å². The van der Waals surface area contributed by atoms with Crippen LogP contribution < -0.4 is 0 Å². The van der Waals surface area contributed by atoms with Crippen LogP contribution in [0.4, 0.5) is 0 Å². The quantitative estimate of drug-likeness (QED) is 0.858. The lowest BCUT2D eigenvalue weighted by atomic mass is 10.0. The van der Waals surface area contributed by atoms with Crippen molar-refractivity contribution in [3.8, 4) is 0 Å². The van der Waals surface area contributed by atoms with Gasteiger partial charge in [0.05, 0.1) is 16.8 Å². The van der Waals surface area contributed by atoms with Crippen molar-refractivity contribution in [2.45, 2.75) is 38.2 Å². The van der Waals surface area contributed by atoms with Gasteiger partial charge in [0.25, 0.3) is 0 Å². The molecule has 0 aliphatic carbocycles. The Morgan fingerprint density at radius 2 is 2.33 bits per heavy atom. The van der Waals surface area contributed by atoms with Gasteiger partial charge in [-0.05, 0) is 19.8 Å². The first-order valence-corrected chi connectivity index (χ1v) is 6.34. The lowest BCUT2D eigenvalue weighted by molar-refractivity contribution is 0.0852. The van der Waals surface area contributed by atoms with Gasteiger partial charge in [0.2, 0.25) is 0 Å². The predicted octanol–water partition coefficient (Wildman–Crippen LogP) is 1.96. The molecule has 15 heavy (non-hydrogen) atoms. The molecule has 84 valence electrons. The number of aliphatic hydroxyl groups excluding tert-OH is 1. The Labute approximate surface area is 94.1 Å². The molecule has 1 saturated heterocycles. The Morgan fingerprint density at radius 1 is 1.60 bits per heavy atom. The van der Waals surface area contributed by atoms with Crippen LogP contribution in [0.3, 0.4) is 0 Å². The Morgan fingerprint density at radius 3 is 3.00 bits per heavy atom. The predicted molar refractivity (Wildman–Crippen MR) is 60.3 cm³/mol. The molecule has 1 unspecified atom stereocenters. The van der Waals surface area contributed by atoms with Gasteiger partial charge < -0.3 is 9.84 Å². The number of ether oxygens (including phenoxy) is 1. The van der Waals surface area contributed by atoms with Crippen LogP contribution in [0, 0.1) is 0 Å². The minimum absolute atomic E-state index is 0.297. The van der Waals surface area contributed by atoms with Crippen molar-refractivity contribution >= 4 is 11.3 Å². The number of aromatic nitrogens is 1. The summed E-state index contributed by atoms with van der Waals surface area (Å²) >= 11 is 1.72. The standard InChI is InChI=1S/C11H17NO2S/c1-8(13)6-10-7-15-11(12-10)9-2-4-14-5-3-9/h7-9,13H,2-6H2,1H3. The zero-order chi connectivity index (χ0) is 10.7. The van der Waals surface area contributed by atoms with E-state index in [4.69, 9.17) is 4.74 Å². The molecule has 1 N–H and O–H groups in total. The van der Waals surface area contributed by atoms with Crippen molar-refractivity contribution in [1.29, 1.82) is 0 Å². The number of aliphatic hydroxyl groups is 1. The SMILES string of the molecule is CC(O)Cc1csc(C2CCOCC2)n1. The molecule has 2 rings (SSSR count). The smallest absolute Gasteiger partial charge is 0.0960 e. The molecule has 0 saturated carbocycles. The largest absolute Gasteiger partial charge is 0.393 e. The summed E-state index contributed by atoms with van der Waals surface area (Å²) in [5, 5.41) is 12.6. The minimum Gasteiger partial charge on any atom is -0.393 e.